The number of rotatable bonds is 4. The van der Waals surface area contributed by atoms with Gasteiger partial charge in [0, 0.05) is 5.75 Å². The van der Waals surface area contributed by atoms with Crippen LogP contribution in [0.2, 0.25) is 0 Å². The van der Waals surface area contributed by atoms with Crippen molar-refractivity contribution in [3.05, 3.63) is 120 Å². The second kappa shape index (κ2) is 8.14. The third-order valence-electron chi connectivity index (χ3n) is 5.40. The molecule has 142 valence electrons. The van der Waals surface area contributed by atoms with Crippen molar-refractivity contribution in [2.24, 2.45) is 4.99 Å². The fraction of sp³-hybridized carbons (Fsp3) is 0.115. The number of nitrogens with one attached hydrogen (secondary N) is 1. The van der Waals surface area contributed by atoms with E-state index in [1.54, 1.807) is 11.8 Å². The Bertz CT molecular complexity index is 1130. The summed E-state index contributed by atoms with van der Waals surface area (Å²) in [5, 5.41) is 7.31. The van der Waals surface area contributed by atoms with Crippen LogP contribution in [0.5, 0.6) is 0 Å². The normalized spacial score (nSPS) is 18.4. The molecule has 5 rings (SSSR count). The zero-order chi connectivity index (χ0) is 19.5. The van der Waals surface area contributed by atoms with Crippen molar-refractivity contribution >= 4 is 27.7 Å². The Morgan fingerprint density at radius 3 is 2.14 bits per heavy atom. The number of thioether (sulfide) groups is 1. The molecule has 29 heavy (non-hydrogen) atoms. The van der Waals surface area contributed by atoms with Crippen molar-refractivity contribution < 1.29 is 0 Å². The molecule has 2 atom stereocenters. The van der Waals surface area contributed by atoms with E-state index in [-0.39, 0.29) is 12.1 Å². The van der Waals surface area contributed by atoms with E-state index >= 15 is 0 Å². The lowest BCUT2D eigenvalue weighted by Crippen LogP contribution is -2.22. The molecular weight excluding hydrogens is 372 g/mol. The standard InChI is InChI=1S/C26H22N2S/c1-3-11-20(12-4-1)24-25(21-13-5-2-6-14-21)28-26(27-24)29-18-22-16-9-15-19-10-7-8-17-23(19)22/h1-17,24-25H,18H2,(H,27,28)/t24-,25?/m0/s1. The van der Waals surface area contributed by atoms with Crippen molar-refractivity contribution in [3.63, 3.8) is 0 Å². The third kappa shape index (κ3) is 3.79. The summed E-state index contributed by atoms with van der Waals surface area (Å²) in [6.45, 7) is 0. The first kappa shape index (κ1) is 18.0. The first-order valence-corrected chi connectivity index (χ1v) is 10.9. The van der Waals surface area contributed by atoms with E-state index in [4.69, 9.17) is 4.99 Å². The van der Waals surface area contributed by atoms with Crippen molar-refractivity contribution in [1.29, 1.82) is 0 Å². The van der Waals surface area contributed by atoms with Gasteiger partial charge in [0.05, 0.1) is 6.04 Å². The predicted molar refractivity (Wildman–Crippen MR) is 124 cm³/mol. The number of fused-ring (bicyclic) bond motifs is 1. The first-order chi connectivity index (χ1) is 14.4. The van der Waals surface area contributed by atoms with Crippen molar-refractivity contribution in [2.45, 2.75) is 17.8 Å². The minimum Gasteiger partial charge on any atom is -0.356 e. The molecule has 4 aromatic rings. The van der Waals surface area contributed by atoms with E-state index in [0.29, 0.717) is 0 Å². The molecule has 4 aromatic carbocycles. The maximum atomic E-state index is 5.08. The van der Waals surface area contributed by atoms with Crippen LogP contribution in [0.3, 0.4) is 0 Å². The largest absolute Gasteiger partial charge is 0.356 e. The van der Waals surface area contributed by atoms with Crippen LogP contribution in [-0.2, 0) is 5.75 Å². The van der Waals surface area contributed by atoms with Crippen molar-refractivity contribution in [1.82, 2.24) is 5.32 Å². The summed E-state index contributed by atoms with van der Waals surface area (Å²) < 4.78 is 0. The fourth-order valence-electron chi connectivity index (χ4n) is 3.94. The quantitative estimate of drug-likeness (QED) is 0.426. The second-order valence-electron chi connectivity index (χ2n) is 7.25. The fourth-order valence-corrected chi connectivity index (χ4v) is 4.88. The zero-order valence-corrected chi connectivity index (χ0v) is 16.8. The molecule has 2 nitrogen and oxygen atoms in total. The molecular formula is C26H22N2S. The van der Waals surface area contributed by atoms with E-state index in [1.165, 1.54) is 27.5 Å². The van der Waals surface area contributed by atoms with Gasteiger partial charge in [0.1, 0.15) is 6.04 Å². The monoisotopic (exact) mass is 394 g/mol. The van der Waals surface area contributed by atoms with E-state index < -0.39 is 0 Å². The summed E-state index contributed by atoms with van der Waals surface area (Å²) in [5.74, 6) is 0.899. The maximum Gasteiger partial charge on any atom is 0.158 e. The van der Waals surface area contributed by atoms with Crippen LogP contribution in [0.4, 0.5) is 0 Å². The number of benzene rings is 4. The highest BCUT2D eigenvalue weighted by atomic mass is 32.2. The Morgan fingerprint density at radius 1 is 0.690 bits per heavy atom. The number of aliphatic imine (C=N–C) groups is 1. The zero-order valence-electron chi connectivity index (χ0n) is 16.0. The molecule has 0 amide bonds. The highest BCUT2D eigenvalue weighted by molar-refractivity contribution is 8.13. The van der Waals surface area contributed by atoms with Gasteiger partial charge in [0.15, 0.2) is 5.17 Å². The minimum atomic E-state index is 0.0913. The second-order valence-corrected chi connectivity index (χ2v) is 8.21. The van der Waals surface area contributed by atoms with Crippen LogP contribution in [0.25, 0.3) is 10.8 Å². The summed E-state index contributed by atoms with van der Waals surface area (Å²) in [5.41, 5.74) is 3.86. The summed E-state index contributed by atoms with van der Waals surface area (Å²) in [6.07, 6.45) is 0. The van der Waals surface area contributed by atoms with Crippen molar-refractivity contribution in [2.75, 3.05) is 0 Å². The molecule has 1 aliphatic rings. The first-order valence-electron chi connectivity index (χ1n) is 9.92. The number of hydrogen-bond acceptors (Lipinski definition) is 3. The summed E-state index contributed by atoms with van der Waals surface area (Å²) in [6, 6.07) is 36.6. The Labute approximate surface area is 175 Å². The minimum absolute atomic E-state index is 0.0913. The molecule has 1 heterocycles. The number of nitrogens with zero attached hydrogens (tertiary/aromatic N) is 1. The van der Waals surface area contributed by atoms with Gasteiger partial charge in [0.2, 0.25) is 0 Å². The van der Waals surface area contributed by atoms with Crippen LogP contribution in [0.15, 0.2) is 108 Å². The summed E-state index contributed by atoms with van der Waals surface area (Å²) >= 11 is 1.79. The SMILES string of the molecule is c1ccc(C2N=C(SCc3cccc4ccccc34)N[C@H]2c2ccccc2)cc1. The third-order valence-corrected chi connectivity index (χ3v) is 6.35. The lowest BCUT2D eigenvalue weighted by Gasteiger charge is -2.19. The van der Waals surface area contributed by atoms with Gasteiger partial charge in [-0.3, -0.25) is 4.99 Å². The lowest BCUT2D eigenvalue weighted by atomic mass is 9.95. The van der Waals surface area contributed by atoms with Gasteiger partial charge in [-0.25, -0.2) is 0 Å². The average molecular weight is 395 g/mol. The molecule has 3 heteroatoms. The molecule has 0 aromatic heterocycles. The Balaban J connectivity index is 1.41. The molecule has 0 radical (unpaired) electrons. The highest BCUT2D eigenvalue weighted by Crippen LogP contribution is 2.38. The Kier molecular flexibility index (Phi) is 5.06. The molecule has 0 saturated carbocycles. The lowest BCUT2D eigenvalue weighted by molar-refractivity contribution is 0.573. The highest BCUT2D eigenvalue weighted by Gasteiger charge is 2.31. The van der Waals surface area contributed by atoms with E-state index in [9.17, 15) is 0 Å². The van der Waals surface area contributed by atoms with Gasteiger partial charge in [0.25, 0.3) is 0 Å². The van der Waals surface area contributed by atoms with Gasteiger partial charge in [-0.1, -0.05) is 115 Å². The topological polar surface area (TPSA) is 24.4 Å². The smallest absolute Gasteiger partial charge is 0.158 e. The predicted octanol–water partition coefficient (Wildman–Crippen LogP) is 6.51. The molecule has 0 bridgehead atoms. The van der Waals surface area contributed by atoms with E-state index in [1.807, 2.05) is 0 Å². The Morgan fingerprint density at radius 2 is 1.34 bits per heavy atom. The molecule has 1 unspecified atom stereocenters. The van der Waals surface area contributed by atoms with Crippen molar-refractivity contribution in [3.8, 4) is 0 Å². The van der Waals surface area contributed by atoms with Gasteiger partial charge in [-0.05, 0) is 27.5 Å². The van der Waals surface area contributed by atoms with Crippen LogP contribution in [0, 0.1) is 0 Å². The van der Waals surface area contributed by atoms with Gasteiger partial charge in [-0.2, -0.15) is 0 Å². The van der Waals surface area contributed by atoms with Crippen LogP contribution < -0.4 is 5.32 Å². The number of hydrogen-bond donors (Lipinski definition) is 1. The molecule has 1 N–H and O–H groups in total. The van der Waals surface area contributed by atoms with Gasteiger partial charge in [-0.15, -0.1) is 0 Å². The van der Waals surface area contributed by atoms with E-state index in [2.05, 4.69) is 108 Å². The van der Waals surface area contributed by atoms with E-state index in [0.717, 1.165) is 10.9 Å². The molecule has 0 aliphatic carbocycles. The molecule has 0 spiro atoms. The van der Waals surface area contributed by atoms with Crippen LogP contribution in [0.1, 0.15) is 28.8 Å². The Hall–Kier alpha value is -3.04. The summed E-state index contributed by atoms with van der Waals surface area (Å²) in [4.78, 5) is 5.08. The molecule has 0 saturated heterocycles. The molecule has 0 fully saturated rings. The van der Waals surface area contributed by atoms with Gasteiger partial charge < -0.3 is 5.32 Å². The average Bonchev–Trinajstić information content (AvgIpc) is 3.23. The number of amidine groups is 1. The maximum absolute atomic E-state index is 5.08. The van der Waals surface area contributed by atoms with Crippen LogP contribution >= 0.6 is 11.8 Å². The summed E-state index contributed by atoms with van der Waals surface area (Å²) in [7, 11) is 0. The van der Waals surface area contributed by atoms with Crippen LogP contribution in [-0.4, -0.2) is 5.17 Å². The van der Waals surface area contributed by atoms with Gasteiger partial charge >= 0.3 is 0 Å². The molecule has 1 aliphatic heterocycles.